The number of hydrogen-bond donors (Lipinski definition) is 1. The number of hydrogen-bond acceptors (Lipinski definition) is 4. The minimum atomic E-state index is -0.172. The van der Waals surface area contributed by atoms with Gasteiger partial charge in [0.2, 0.25) is 0 Å². The summed E-state index contributed by atoms with van der Waals surface area (Å²) < 4.78 is 0. The number of anilines is 1. The molecule has 1 N–H and O–H groups in total. The van der Waals surface area contributed by atoms with Crippen LogP contribution in [-0.2, 0) is 0 Å². The Hall–Kier alpha value is -2.63. The largest absolute Gasteiger partial charge is 0.321 e. The number of thiophene rings is 1. The summed E-state index contributed by atoms with van der Waals surface area (Å²) in [5.74, 6) is -0.278. The van der Waals surface area contributed by atoms with Crippen molar-refractivity contribution in [2.45, 2.75) is 4.90 Å². The van der Waals surface area contributed by atoms with Crippen molar-refractivity contribution in [1.29, 1.82) is 0 Å². The number of allylic oxidation sites excluding steroid dienone is 1. The lowest BCUT2D eigenvalue weighted by Crippen LogP contribution is -2.10. The van der Waals surface area contributed by atoms with Gasteiger partial charge in [0, 0.05) is 16.1 Å². The van der Waals surface area contributed by atoms with E-state index in [9.17, 15) is 9.59 Å². The van der Waals surface area contributed by atoms with Crippen molar-refractivity contribution in [2.75, 3.05) is 11.6 Å². The molecule has 3 nitrogen and oxygen atoms in total. The van der Waals surface area contributed by atoms with E-state index >= 15 is 0 Å². The number of carbonyl (C=O) groups excluding carboxylic acids is 2. The first-order valence-electron chi connectivity index (χ1n) is 7.97. The maximum atomic E-state index is 12.4. The second kappa shape index (κ2) is 8.65. The number of benzene rings is 2. The monoisotopic (exact) mass is 379 g/mol. The molecule has 2 aromatic carbocycles. The van der Waals surface area contributed by atoms with Crippen molar-refractivity contribution in [3.63, 3.8) is 0 Å². The average Bonchev–Trinajstić information content (AvgIpc) is 3.22. The molecule has 130 valence electrons. The lowest BCUT2D eigenvalue weighted by atomic mass is 10.1. The molecule has 1 aromatic heterocycles. The molecule has 0 fully saturated rings. The fourth-order valence-corrected chi connectivity index (χ4v) is 3.36. The fraction of sp³-hybridized carbons (Fsp3) is 0.0476. The van der Waals surface area contributed by atoms with Crippen LogP contribution in [0.3, 0.4) is 0 Å². The molecule has 26 heavy (non-hydrogen) atoms. The van der Waals surface area contributed by atoms with E-state index in [1.54, 1.807) is 54.2 Å². The summed E-state index contributed by atoms with van der Waals surface area (Å²) in [6.07, 6.45) is 5.37. The van der Waals surface area contributed by atoms with Crippen molar-refractivity contribution in [1.82, 2.24) is 0 Å². The van der Waals surface area contributed by atoms with Gasteiger partial charge in [0.15, 0.2) is 5.78 Å². The second-order valence-corrected chi connectivity index (χ2v) is 7.31. The third-order valence-corrected chi connectivity index (χ3v) is 5.31. The zero-order valence-corrected chi connectivity index (χ0v) is 15.8. The van der Waals surface area contributed by atoms with Crippen LogP contribution in [0.15, 0.2) is 77.0 Å². The first-order valence-corrected chi connectivity index (χ1v) is 10.1. The predicted molar refractivity (Wildman–Crippen MR) is 110 cm³/mol. The second-order valence-electron chi connectivity index (χ2n) is 5.48. The zero-order chi connectivity index (χ0) is 18.4. The summed E-state index contributed by atoms with van der Waals surface area (Å²) in [4.78, 5) is 26.3. The average molecular weight is 380 g/mol. The molecule has 0 aliphatic carbocycles. The Morgan fingerprint density at radius 1 is 1.04 bits per heavy atom. The number of thioether (sulfide) groups is 1. The SMILES string of the molecule is CSc1ccc(/C=C/C(=O)c2cccc(NC(=O)c3cccs3)c2)cc1. The van der Waals surface area contributed by atoms with Crippen LogP contribution in [0.5, 0.6) is 0 Å². The lowest BCUT2D eigenvalue weighted by Gasteiger charge is -2.05. The molecule has 0 radical (unpaired) electrons. The van der Waals surface area contributed by atoms with Crippen LogP contribution in [-0.4, -0.2) is 17.9 Å². The standard InChI is InChI=1S/C21H17NO2S2/c1-25-18-10-7-15(8-11-18)9-12-19(23)16-4-2-5-17(14-16)22-21(24)20-6-3-13-26-20/h2-14H,1H3,(H,22,24)/b12-9+. The van der Waals surface area contributed by atoms with E-state index in [2.05, 4.69) is 5.32 Å². The van der Waals surface area contributed by atoms with Crippen LogP contribution in [0, 0.1) is 0 Å². The summed E-state index contributed by atoms with van der Waals surface area (Å²) in [6, 6.07) is 18.6. The first-order chi connectivity index (χ1) is 12.7. The highest BCUT2D eigenvalue weighted by molar-refractivity contribution is 7.98. The topological polar surface area (TPSA) is 46.2 Å². The van der Waals surface area contributed by atoms with Crippen LogP contribution in [0.2, 0.25) is 0 Å². The summed E-state index contributed by atoms with van der Waals surface area (Å²) >= 11 is 3.06. The van der Waals surface area contributed by atoms with E-state index in [0.29, 0.717) is 16.1 Å². The van der Waals surface area contributed by atoms with Crippen molar-refractivity contribution in [3.8, 4) is 0 Å². The molecular weight excluding hydrogens is 362 g/mol. The quantitative estimate of drug-likeness (QED) is 0.343. The van der Waals surface area contributed by atoms with Gasteiger partial charge >= 0.3 is 0 Å². The zero-order valence-electron chi connectivity index (χ0n) is 14.1. The summed E-state index contributed by atoms with van der Waals surface area (Å²) in [7, 11) is 0. The molecule has 1 heterocycles. The van der Waals surface area contributed by atoms with E-state index in [1.165, 1.54) is 16.2 Å². The Kier molecular flexibility index (Phi) is 6.04. The molecule has 0 saturated carbocycles. The van der Waals surface area contributed by atoms with Gasteiger partial charge < -0.3 is 5.32 Å². The molecule has 1 amide bonds. The van der Waals surface area contributed by atoms with Gasteiger partial charge in [0.25, 0.3) is 5.91 Å². The molecule has 0 bridgehead atoms. The van der Waals surface area contributed by atoms with E-state index in [-0.39, 0.29) is 11.7 Å². The minimum Gasteiger partial charge on any atom is -0.321 e. The first kappa shape index (κ1) is 18.2. The van der Waals surface area contributed by atoms with E-state index in [4.69, 9.17) is 0 Å². The third kappa shape index (κ3) is 4.71. The van der Waals surface area contributed by atoms with Gasteiger partial charge in [-0.2, -0.15) is 0 Å². The molecule has 0 spiro atoms. The van der Waals surface area contributed by atoms with Crippen LogP contribution in [0.4, 0.5) is 5.69 Å². The molecule has 3 aromatic rings. The molecule has 0 saturated heterocycles. The van der Waals surface area contributed by atoms with E-state index in [1.807, 2.05) is 42.0 Å². The molecular formula is C21H17NO2S2. The van der Waals surface area contributed by atoms with Crippen LogP contribution in [0.1, 0.15) is 25.6 Å². The van der Waals surface area contributed by atoms with Crippen molar-refractivity contribution in [3.05, 3.63) is 88.1 Å². The Morgan fingerprint density at radius 2 is 1.85 bits per heavy atom. The van der Waals surface area contributed by atoms with E-state index < -0.39 is 0 Å². The fourth-order valence-electron chi connectivity index (χ4n) is 2.33. The predicted octanol–water partition coefficient (Wildman–Crippen LogP) is 5.62. The van der Waals surface area contributed by atoms with Gasteiger partial charge in [-0.15, -0.1) is 23.1 Å². The minimum absolute atomic E-state index is 0.105. The number of nitrogens with one attached hydrogen (secondary N) is 1. The van der Waals surface area contributed by atoms with Crippen LogP contribution in [0.25, 0.3) is 6.08 Å². The van der Waals surface area contributed by atoms with Crippen molar-refractivity contribution >= 4 is 46.6 Å². The van der Waals surface area contributed by atoms with Crippen LogP contribution >= 0.6 is 23.1 Å². The highest BCUT2D eigenvalue weighted by atomic mass is 32.2. The number of ketones is 1. The number of rotatable bonds is 6. The summed E-state index contributed by atoms with van der Waals surface area (Å²) in [5, 5.41) is 4.67. The van der Waals surface area contributed by atoms with Crippen LogP contribution < -0.4 is 5.32 Å². The van der Waals surface area contributed by atoms with Crippen molar-refractivity contribution < 1.29 is 9.59 Å². The Labute approximate surface area is 160 Å². The number of carbonyl (C=O) groups is 2. The number of amides is 1. The normalized spacial score (nSPS) is 10.8. The smallest absolute Gasteiger partial charge is 0.265 e. The van der Waals surface area contributed by atoms with Gasteiger partial charge in [-0.05, 0) is 53.6 Å². The Balaban J connectivity index is 1.69. The maximum absolute atomic E-state index is 12.4. The molecule has 0 atom stereocenters. The Bertz CT molecular complexity index is 929. The summed E-state index contributed by atoms with van der Waals surface area (Å²) in [5.41, 5.74) is 2.11. The lowest BCUT2D eigenvalue weighted by molar-refractivity contribution is 0.102. The molecule has 0 aliphatic rings. The maximum Gasteiger partial charge on any atom is 0.265 e. The van der Waals surface area contributed by atoms with E-state index in [0.717, 1.165) is 5.56 Å². The van der Waals surface area contributed by atoms with Gasteiger partial charge in [0.1, 0.15) is 0 Å². The summed E-state index contributed by atoms with van der Waals surface area (Å²) in [6.45, 7) is 0. The van der Waals surface area contributed by atoms with Gasteiger partial charge in [0.05, 0.1) is 4.88 Å². The molecule has 3 rings (SSSR count). The Morgan fingerprint density at radius 3 is 2.54 bits per heavy atom. The molecule has 5 heteroatoms. The van der Waals surface area contributed by atoms with Gasteiger partial charge in [-0.1, -0.05) is 36.4 Å². The van der Waals surface area contributed by atoms with Gasteiger partial charge in [-0.3, -0.25) is 9.59 Å². The highest BCUT2D eigenvalue weighted by Crippen LogP contribution is 2.17. The van der Waals surface area contributed by atoms with Crippen molar-refractivity contribution in [2.24, 2.45) is 0 Å². The third-order valence-electron chi connectivity index (χ3n) is 3.69. The highest BCUT2D eigenvalue weighted by Gasteiger charge is 2.08. The molecule has 0 aliphatic heterocycles. The van der Waals surface area contributed by atoms with Gasteiger partial charge in [-0.25, -0.2) is 0 Å². The molecule has 0 unspecified atom stereocenters.